The third kappa shape index (κ3) is 5.33. The van der Waals surface area contributed by atoms with Gasteiger partial charge in [-0.2, -0.15) is 0 Å². The summed E-state index contributed by atoms with van der Waals surface area (Å²) in [4.78, 5) is 26.8. The molecule has 0 atom stereocenters. The minimum atomic E-state index is -0.837. The lowest BCUT2D eigenvalue weighted by Gasteiger charge is -2.40. The van der Waals surface area contributed by atoms with E-state index in [1.807, 2.05) is 54.6 Å². The van der Waals surface area contributed by atoms with Gasteiger partial charge in [0.15, 0.2) is 23.3 Å². The van der Waals surface area contributed by atoms with Gasteiger partial charge in [-0.25, -0.2) is 24.9 Å². The highest BCUT2D eigenvalue weighted by atomic mass is 32.1. The Kier molecular flexibility index (Phi) is 7.89. The first-order valence-electron chi connectivity index (χ1n) is 21.0. The third-order valence-electron chi connectivity index (χ3n) is 12.4. The normalized spacial score (nSPS) is 13.0. The van der Waals surface area contributed by atoms with Gasteiger partial charge in [-0.3, -0.25) is 0 Å². The molecule has 0 saturated heterocycles. The zero-order valence-electron chi connectivity index (χ0n) is 33.6. The Morgan fingerprint density at radius 2 is 0.889 bits per heavy atom. The van der Waals surface area contributed by atoms with Gasteiger partial charge in [0.2, 0.25) is 0 Å². The van der Waals surface area contributed by atoms with Gasteiger partial charge in [-0.15, -0.1) is 11.3 Å². The molecule has 1 spiro atoms. The Labute approximate surface area is 366 Å². The number of nitrogens with zero attached hydrogens (tertiary/aromatic N) is 5. The van der Waals surface area contributed by atoms with Crippen LogP contribution in [-0.4, -0.2) is 24.9 Å². The number of para-hydroxylation sites is 2. The second kappa shape index (κ2) is 14.0. The van der Waals surface area contributed by atoms with Crippen LogP contribution in [-0.2, 0) is 5.41 Å². The second-order valence-electron chi connectivity index (χ2n) is 15.9. The number of benzene rings is 8. The molecule has 0 saturated carbocycles. The number of hydrogen-bond acceptors (Lipinski definition) is 7. The van der Waals surface area contributed by atoms with Crippen molar-refractivity contribution in [1.29, 1.82) is 0 Å². The van der Waals surface area contributed by atoms with E-state index in [1.165, 1.54) is 4.70 Å². The van der Waals surface area contributed by atoms with E-state index in [-0.39, 0.29) is 0 Å². The summed E-state index contributed by atoms with van der Waals surface area (Å²) in [6.07, 6.45) is 0. The maximum absolute atomic E-state index is 6.79. The van der Waals surface area contributed by atoms with E-state index in [2.05, 4.69) is 146 Å². The molecular formula is C56H33N5OS. The van der Waals surface area contributed by atoms with Gasteiger partial charge in [0, 0.05) is 49.0 Å². The minimum Gasteiger partial charge on any atom is -0.457 e. The van der Waals surface area contributed by atoms with Crippen molar-refractivity contribution in [3.05, 3.63) is 222 Å². The predicted molar refractivity (Wildman–Crippen MR) is 253 cm³/mol. The number of fused-ring (bicyclic) bond motifs is 12. The Balaban J connectivity index is 1.16. The first kappa shape index (κ1) is 35.6. The summed E-state index contributed by atoms with van der Waals surface area (Å²) in [6, 6.07) is 69.3. The largest absolute Gasteiger partial charge is 0.457 e. The summed E-state index contributed by atoms with van der Waals surface area (Å²) in [6.45, 7) is 0. The fraction of sp³-hybridized carbons (Fsp3) is 0.0179. The predicted octanol–water partition coefficient (Wildman–Crippen LogP) is 13.8. The summed E-state index contributed by atoms with van der Waals surface area (Å²) in [5.41, 5.74) is 12.2. The van der Waals surface area contributed by atoms with Crippen molar-refractivity contribution in [3.8, 4) is 79.4 Å². The molecule has 8 aromatic carbocycles. The molecule has 1 aliphatic carbocycles. The third-order valence-corrected chi connectivity index (χ3v) is 13.6. The molecule has 0 amide bonds. The smallest absolute Gasteiger partial charge is 0.164 e. The molecule has 7 heteroatoms. The minimum absolute atomic E-state index is 0.587. The van der Waals surface area contributed by atoms with E-state index in [1.54, 1.807) is 11.3 Å². The van der Waals surface area contributed by atoms with Gasteiger partial charge in [0.25, 0.3) is 0 Å². The Morgan fingerprint density at radius 1 is 0.381 bits per heavy atom. The van der Waals surface area contributed by atoms with Crippen LogP contribution in [0.4, 0.5) is 0 Å². The number of rotatable bonds is 5. The maximum atomic E-state index is 6.79. The maximum Gasteiger partial charge on any atom is 0.164 e. The molecule has 0 N–H and O–H groups in total. The lowest BCUT2D eigenvalue weighted by molar-refractivity contribution is 0.436. The SMILES string of the molecule is c1ccc(-c2nc(-c3ccccc3)nc(-c3cccc4c3C3(c5ccccc5Oc5ccccc53)c3cccc(-c5nc(-c6ccccc6)c6sc7ccccc7c6n5)c3-4)n2)cc1. The molecule has 0 unspecified atom stereocenters. The van der Waals surface area contributed by atoms with Crippen LogP contribution in [0.2, 0.25) is 0 Å². The van der Waals surface area contributed by atoms with E-state index in [9.17, 15) is 0 Å². The van der Waals surface area contributed by atoms with Crippen LogP contribution in [0.1, 0.15) is 22.3 Å². The van der Waals surface area contributed by atoms with Gasteiger partial charge in [0.1, 0.15) is 11.5 Å². The molecule has 3 aromatic heterocycles. The lowest BCUT2D eigenvalue weighted by atomic mass is 9.65. The first-order chi connectivity index (χ1) is 31.2. The quantitative estimate of drug-likeness (QED) is 0.172. The van der Waals surface area contributed by atoms with Crippen molar-refractivity contribution in [2.24, 2.45) is 0 Å². The summed E-state index contributed by atoms with van der Waals surface area (Å²) in [5.74, 6) is 4.07. The van der Waals surface area contributed by atoms with Crippen LogP contribution in [0.25, 0.3) is 88.2 Å². The molecule has 0 bridgehead atoms. The fourth-order valence-corrected chi connectivity index (χ4v) is 11.0. The molecule has 6 nitrogen and oxygen atoms in total. The monoisotopic (exact) mass is 823 g/mol. The molecule has 4 heterocycles. The number of aromatic nitrogens is 5. The highest BCUT2D eigenvalue weighted by molar-refractivity contribution is 7.26. The van der Waals surface area contributed by atoms with Crippen molar-refractivity contribution in [1.82, 2.24) is 24.9 Å². The lowest BCUT2D eigenvalue weighted by Crippen LogP contribution is -2.32. The molecule has 0 fully saturated rings. The zero-order chi connectivity index (χ0) is 41.5. The van der Waals surface area contributed by atoms with Crippen LogP contribution < -0.4 is 4.74 Å². The number of ether oxygens (including phenoxy) is 1. The summed E-state index contributed by atoms with van der Waals surface area (Å²) in [5, 5.41) is 1.12. The average Bonchev–Trinajstić information content (AvgIpc) is 3.89. The number of thiophene rings is 1. The molecule has 13 rings (SSSR count). The molecule has 63 heavy (non-hydrogen) atoms. The van der Waals surface area contributed by atoms with Gasteiger partial charge in [-0.1, -0.05) is 182 Å². The van der Waals surface area contributed by atoms with E-state index >= 15 is 0 Å². The highest BCUT2D eigenvalue weighted by Crippen LogP contribution is 2.65. The Bertz CT molecular complexity index is 3500. The van der Waals surface area contributed by atoms with Crippen LogP contribution in [0, 0.1) is 0 Å². The van der Waals surface area contributed by atoms with E-state index in [0.29, 0.717) is 23.3 Å². The van der Waals surface area contributed by atoms with Gasteiger partial charge in [0.05, 0.1) is 21.3 Å². The van der Waals surface area contributed by atoms with Crippen molar-refractivity contribution in [3.63, 3.8) is 0 Å². The zero-order valence-corrected chi connectivity index (χ0v) is 34.4. The second-order valence-corrected chi connectivity index (χ2v) is 16.9. The van der Waals surface area contributed by atoms with E-state index in [4.69, 9.17) is 29.7 Å². The molecular weight excluding hydrogens is 791 g/mol. The van der Waals surface area contributed by atoms with Crippen molar-refractivity contribution < 1.29 is 4.74 Å². The van der Waals surface area contributed by atoms with Gasteiger partial charge in [-0.05, 0) is 40.5 Å². The molecule has 0 radical (unpaired) electrons. The van der Waals surface area contributed by atoms with Crippen molar-refractivity contribution in [2.75, 3.05) is 0 Å². The highest BCUT2D eigenvalue weighted by Gasteiger charge is 2.53. The summed E-state index contributed by atoms with van der Waals surface area (Å²) < 4.78 is 9.04. The van der Waals surface area contributed by atoms with E-state index in [0.717, 1.165) is 94.0 Å². The number of hydrogen-bond donors (Lipinski definition) is 0. The molecule has 294 valence electrons. The molecule has 1 aliphatic heterocycles. The van der Waals surface area contributed by atoms with E-state index < -0.39 is 5.41 Å². The van der Waals surface area contributed by atoms with Gasteiger partial charge >= 0.3 is 0 Å². The molecule has 11 aromatic rings. The first-order valence-corrected chi connectivity index (χ1v) is 21.8. The van der Waals surface area contributed by atoms with Crippen LogP contribution >= 0.6 is 11.3 Å². The topological polar surface area (TPSA) is 73.7 Å². The summed E-state index contributed by atoms with van der Waals surface area (Å²) in [7, 11) is 0. The fourth-order valence-electron chi connectivity index (χ4n) is 9.81. The Morgan fingerprint density at radius 3 is 1.57 bits per heavy atom. The van der Waals surface area contributed by atoms with Crippen LogP contribution in [0.5, 0.6) is 11.5 Å². The standard InChI is InChI=1S/C56H33N5OS/c1-4-18-34(19-5-1)49-51-50(37-24-10-15-33-46(37)63-51)58-54(57-49)39-26-17-30-43-47(39)38-25-16-27-40(48(38)56(43)41-28-11-13-31-44(41)62-45-32-14-12-29-42(45)56)55-60-52(35-20-6-2-7-21-35)59-53(61-55)36-22-8-3-9-23-36/h1-33H. The van der Waals surface area contributed by atoms with Crippen LogP contribution in [0.15, 0.2) is 200 Å². The van der Waals surface area contributed by atoms with Crippen LogP contribution in [0.3, 0.4) is 0 Å². The Hall–Kier alpha value is -8.13. The summed E-state index contributed by atoms with van der Waals surface area (Å²) >= 11 is 1.74. The molecule has 2 aliphatic rings. The van der Waals surface area contributed by atoms with Crippen molar-refractivity contribution in [2.45, 2.75) is 5.41 Å². The van der Waals surface area contributed by atoms with Gasteiger partial charge < -0.3 is 4.74 Å². The van der Waals surface area contributed by atoms with Crippen molar-refractivity contribution >= 4 is 31.6 Å². The average molecular weight is 824 g/mol.